The van der Waals surface area contributed by atoms with Crippen molar-refractivity contribution >= 4 is 15.7 Å². The first-order valence-corrected chi connectivity index (χ1v) is 10.0. The Kier molecular flexibility index (Phi) is 5.87. The lowest BCUT2D eigenvalue weighted by Crippen LogP contribution is -2.22. The van der Waals surface area contributed by atoms with Gasteiger partial charge >= 0.3 is 0 Å². The van der Waals surface area contributed by atoms with E-state index in [0.717, 1.165) is 18.2 Å². The first-order chi connectivity index (χ1) is 13.7. The topological polar surface area (TPSA) is 64.6 Å². The third-order valence-corrected chi connectivity index (χ3v) is 5.85. The van der Waals surface area contributed by atoms with Crippen molar-refractivity contribution in [1.29, 1.82) is 0 Å². The van der Waals surface area contributed by atoms with Crippen molar-refractivity contribution in [2.45, 2.75) is 36.7 Å². The molecule has 0 aliphatic heterocycles. The summed E-state index contributed by atoms with van der Waals surface area (Å²) in [6.45, 7) is 0. The molecule has 2 aromatic carbocycles. The van der Waals surface area contributed by atoms with Crippen molar-refractivity contribution in [3.63, 3.8) is 0 Å². The fourth-order valence-corrected chi connectivity index (χ4v) is 4.29. The van der Waals surface area contributed by atoms with Gasteiger partial charge in [-0.3, -0.25) is 4.72 Å². The zero-order chi connectivity index (χ0) is 21.3. The van der Waals surface area contributed by atoms with Crippen LogP contribution >= 0.6 is 0 Å². The number of ether oxygens (including phenoxy) is 2. The van der Waals surface area contributed by atoms with Crippen molar-refractivity contribution in [1.82, 2.24) is 0 Å². The fourth-order valence-electron chi connectivity index (χ4n) is 3.05. The monoisotopic (exact) mass is 437 g/mol. The molecule has 29 heavy (non-hydrogen) atoms. The molecule has 0 unspecified atom stereocenters. The van der Waals surface area contributed by atoms with Crippen LogP contribution < -0.4 is 14.2 Å². The van der Waals surface area contributed by atoms with Crippen molar-refractivity contribution in [2.75, 3.05) is 11.8 Å². The minimum Gasteiger partial charge on any atom is -0.494 e. The number of nitrogens with one attached hydrogen (secondary N) is 1. The van der Waals surface area contributed by atoms with E-state index in [9.17, 15) is 30.4 Å². The maximum absolute atomic E-state index is 14.4. The number of rotatable bonds is 6. The van der Waals surface area contributed by atoms with Crippen LogP contribution in [0.1, 0.15) is 25.7 Å². The maximum atomic E-state index is 14.4. The zero-order valence-electron chi connectivity index (χ0n) is 15.1. The van der Waals surface area contributed by atoms with Gasteiger partial charge < -0.3 is 9.47 Å². The van der Waals surface area contributed by atoms with E-state index < -0.39 is 55.9 Å². The third-order valence-electron chi connectivity index (χ3n) is 4.44. The van der Waals surface area contributed by atoms with E-state index in [1.165, 1.54) is 7.11 Å². The van der Waals surface area contributed by atoms with Gasteiger partial charge in [0.1, 0.15) is 0 Å². The Labute approximate surface area is 163 Å². The van der Waals surface area contributed by atoms with E-state index in [-0.39, 0.29) is 11.4 Å². The first kappa shape index (κ1) is 21.2. The predicted octanol–water partition coefficient (Wildman–Crippen LogP) is 4.51. The van der Waals surface area contributed by atoms with Crippen LogP contribution in [-0.4, -0.2) is 21.6 Å². The highest BCUT2D eigenvalue weighted by Gasteiger charge is 2.36. The molecule has 1 N–H and O–H groups in total. The van der Waals surface area contributed by atoms with E-state index in [2.05, 4.69) is 0 Å². The lowest BCUT2D eigenvalue weighted by Gasteiger charge is -2.19. The van der Waals surface area contributed by atoms with E-state index in [4.69, 9.17) is 9.47 Å². The molecule has 158 valence electrons. The molecule has 1 fully saturated rings. The van der Waals surface area contributed by atoms with Gasteiger partial charge in [-0.05, 0) is 37.8 Å². The summed E-state index contributed by atoms with van der Waals surface area (Å²) >= 11 is 0. The minimum atomic E-state index is -5.02. The third kappa shape index (κ3) is 4.09. The number of hydrogen-bond donors (Lipinski definition) is 1. The molecule has 0 atom stereocenters. The van der Waals surface area contributed by atoms with Gasteiger partial charge in [-0.1, -0.05) is 0 Å². The van der Waals surface area contributed by atoms with Crippen LogP contribution in [0.15, 0.2) is 23.1 Å². The highest BCUT2D eigenvalue weighted by Crippen LogP contribution is 2.37. The average Bonchev–Trinajstić information content (AvgIpc) is 3.17. The number of anilines is 1. The zero-order valence-corrected chi connectivity index (χ0v) is 15.9. The molecule has 0 aromatic heterocycles. The smallest absolute Gasteiger partial charge is 0.268 e. The SMILES string of the molecule is COc1ccc(NS(=O)(=O)c2c(F)c(F)c(F)c(F)c2OC2CCCC2)cc1F. The van der Waals surface area contributed by atoms with Gasteiger partial charge in [0, 0.05) is 6.07 Å². The first-order valence-electron chi connectivity index (χ1n) is 8.54. The number of sulfonamides is 1. The second-order valence-corrected chi connectivity index (χ2v) is 8.01. The summed E-state index contributed by atoms with van der Waals surface area (Å²) in [5, 5.41) is 0. The molecule has 0 radical (unpaired) electrons. The molecule has 0 saturated heterocycles. The van der Waals surface area contributed by atoms with Gasteiger partial charge in [0.05, 0.1) is 18.9 Å². The molecule has 11 heteroatoms. The van der Waals surface area contributed by atoms with Crippen LogP contribution in [0.5, 0.6) is 11.5 Å². The molecule has 1 aliphatic rings. The number of hydrogen-bond acceptors (Lipinski definition) is 4. The highest BCUT2D eigenvalue weighted by atomic mass is 32.2. The van der Waals surface area contributed by atoms with Gasteiger partial charge in [0.2, 0.25) is 11.6 Å². The lowest BCUT2D eigenvalue weighted by molar-refractivity contribution is 0.187. The fraction of sp³-hybridized carbons (Fsp3) is 0.333. The molecule has 2 aromatic rings. The minimum absolute atomic E-state index is 0.191. The summed E-state index contributed by atoms with van der Waals surface area (Å²) in [6.07, 6.45) is 1.54. The highest BCUT2D eigenvalue weighted by molar-refractivity contribution is 7.92. The molecular weight excluding hydrogens is 421 g/mol. The van der Waals surface area contributed by atoms with Crippen LogP contribution in [0.4, 0.5) is 27.6 Å². The van der Waals surface area contributed by atoms with Gasteiger partial charge in [-0.15, -0.1) is 0 Å². The molecule has 0 heterocycles. The molecule has 5 nitrogen and oxygen atoms in total. The Morgan fingerprint density at radius 1 is 0.966 bits per heavy atom. The Hall–Kier alpha value is -2.56. The van der Waals surface area contributed by atoms with Crippen LogP contribution in [-0.2, 0) is 10.0 Å². The molecule has 1 aliphatic carbocycles. The van der Waals surface area contributed by atoms with Gasteiger partial charge in [0.15, 0.2) is 33.8 Å². The summed E-state index contributed by atoms with van der Waals surface area (Å²) < 4.78 is 107. The van der Waals surface area contributed by atoms with Gasteiger partial charge in [-0.25, -0.2) is 26.0 Å². The Bertz CT molecular complexity index is 1040. The van der Waals surface area contributed by atoms with E-state index in [1.54, 1.807) is 0 Å². The molecular formula is C18H16F5NO4S. The maximum Gasteiger partial charge on any atom is 0.268 e. The van der Waals surface area contributed by atoms with Gasteiger partial charge in [0.25, 0.3) is 10.0 Å². The van der Waals surface area contributed by atoms with Crippen molar-refractivity contribution < 1.29 is 39.8 Å². The molecule has 0 spiro atoms. The van der Waals surface area contributed by atoms with Crippen LogP contribution in [0, 0.1) is 29.1 Å². The molecule has 0 bridgehead atoms. The van der Waals surface area contributed by atoms with Crippen molar-refractivity contribution in [3.05, 3.63) is 47.3 Å². The molecule has 0 amide bonds. The number of methoxy groups -OCH3 is 1. The summed E-state index contributed by atoms with van der Waals surface area (Å²) in [6, 6.07) is 2.90. The van der Waals surface area contributed by atoms with Crippen molar-refractivity contribution in [2.24, 2.45) is 0 Å². The summed E-state index contributed by atoms with van der Waals surface area (Å²) in [7, 11) is -3.83. The van der Waals surface area contributed by atoms with Crippen LogP contribution in [0.2, 0.25) is 0 Å². The van der Waals surface area contributed by atoms with Crippen molar-refractivity contribution in [3.8, 4) is 11.5 Å². The molecule has 1 saturated carbocycles. The van der Waals surface area contributed by atoms with E-state index >= 15 is 0 Å². The standard InChI is InChI=1S/C18H16F5NO4S/c1-27-12-7-6-9(8-11(12)19)24-29(25,26)18-16(23)14(21)13(20)15(22)17(18)28-10-4-2-3-5-10/h6-8,10,24H,2-5H2,1H3. The number of benzene rings is 2. The Morgan fingerprint density at radius 2 is 1.59 bits per heavy atom. The van der Waals surface area contributed by atoms with E-state index in [1.807, 2.05) is 4.72 Å². The Morgan fingerprint density at radius 3 is 2.17 bits per heavy atom. The normalized spacial score (nSPS) is 14.8. The summed E-state index contributed by atoms with van der Waals surface area (Å²) in [5.41, 5.74) is -0.375. The quantitative estimate of drug-likeness (QED) is 0.410. The molecule has 3 rings (SSSR count). The van der Waals surface area contributed by atoms with Crippen LogP contribution in [0.3, 0.4) is 0 Å². The van der Waals surface area contributed by atoms with Gasteiger partial charge in [-0.2, -0.15) is 4.39 Å². The predicted molar refractivity (Wildman–Crippen MR) is 92.9 cm³/mol. The number of halogens is 5. The second kappa shape index (κ2) is 8.05. The van der Waals surface area contributed by atoms with E-state index in [0.29, 0.717) is 25.7 Å². The summed E-state index contributed by atoms with van der Waals surface area (Å²) in [4.78, 5) is -1.53. The second-order valence-electron chi connectivity index (χ2n) is 6.39. The Balaban J connectivity index is 2.08. The van der Waals surface area contributed by atoms with Crippen LogP contribution in [0.25, 0.3) is 0 Å². The summed E-state index contributed by atoms with van der Waals surface area (Å²) in [5.74, 6) is -11.0. The average molecular weight is 437 g/mol. The largest absolute Gasteiger partial charge is 0.494 e. The lowest BCUT2D eigenvalue weighted by atomic mass is 10.2.